The van der Waals surface area contributed by atoms with Gasteiger partial charge in [0.1, 0.15) is 11.4 Å². The molecule has 3 atom stereocenters. The molecule has 3 rings (SSSR count). The normalized spacial score (nSPS) is 33.5. The van der Waals surface area contributed by atoms with Crippen LogP contribution in [0.15, 0.2) is 18.7 Å². The van der Waals surface area contributed by atoms with E-state index in [4.69, 9.17) is 0 Å². The molecule has 1 aromatic rings. The molecule has 2 bridgehead atoms. The zero-order valence-corrected chi connectivity index (χ0v) is 12.0. The third-order valence-electron chi connectivity index (χ3n) is 4.87. The minimum Gasteiger partial charge on any atom is -0.316 e. The Kier molecular flexibility index (Phi) is 3.65. The lowest BCUT2D eigenvalue weighted by atomic mass is 9.84. The average molecular weight is 276 g/mol. The van der Waals surface area contributed by atoms with E-state index in [-0.39, 0.29) is 6.04 Å². The standard InChI is InChI=1S/C15H22N3O2/c1-2-3-14(19)9-12-8-13-4-5-15(10-12,18(13)20)17-7-6-16-11-17/h6-7,11-13H,2-5,8-10H2,1H3. The SMILES string of the molecule is CCCC(=O)CC1CC2CCC(n3ccnc3)(C1)N2[O]. The van der Waals surface area contributed by atoms with Gasteiger partial charge in [-0.15, -0.1) is 10.3 Å². The molecule has 0 N–H and O–H groups in total. The number of rotatable bonds is 5. The maximum Gasteiger partial charge on any atom is 0.133 e. The van der Waals surface area contributed by atoms with Crippen molar-refractivity contribution in [2.24, 2.45) is 5.92 Å². The molecule has 5 nitrogen and oxygen atoms in total. The van der Waals surface area contributed by atoms with Gasteiger partial charge in [-0.2, -0.15) is 0 Å². The molecule has 20 heavy (non-hydrogen) atoms. The number of fused-ring (bicyclic) bond motifs is 2. The highest BCUT2D eigenvalue weighted by molar-refractivity contribution is 5.78. The van der Waals surface area contributed by atoms with Gasteiger partial charge in [0.15, 0.2) is 0 Å². The van der Waals surface area contributed by atoms with Gasteiger partial charge in [-0.25, -0.2) is 4.98 Å². The van der Waals surface area contributed by atoms with Crippen LogP contribution in [0.1, 0.15) is 51.9 Å². The summed E-state index contributed by atoms with van der Waals surface area (Å²) in [5.74, 6) is 0.686. The number of hydroxylamine groups is 2. The molecule has 2 aliphatic heterocycles. The van der Waals surface area contributed by atoms with Gasteiger partial charge in [0.05, 0.1) is 6.33 Å². The number of carbonyl (C=O) groups is 1. The third kappa shape index (κ3) is 2.19. The van der Waals surface area contributed by atoms with Crippen molar-refractivity contribution in [2.75, 3.05) is 0 Å². The summed E-state index contributed by atoms with van der Waals surface area (Å²) < 4.78 is 1.95. The first-order valence-electron chi connectivity index (χ1n) is 7.62. The van der Waals surface area contributed by atoms with Crippen LogP contribution in [0.4, 0.5) is 0 Å². The Labute approximate surface area is 119 Å². The molecule has 2 saturated heterocycles. The van der Waals surface area contributed by atoms with E-state index in [1.54, 1.807) is 12.5 Å². The van der Waals surface area contributed by atoms with E-state index in [9.17, 15) is 10.0 Å². The molecule has 0 aliphatic carbocycles. The molecule has 1 aromatic heterocycles. The number of piperidine rings is 1. The molecule has 0 spiro atoms. The molecular weight excluding hydrogens is 254 g/mol. The lowest BCUT2D eigenvalue weighted by molar-refractivity contribution is -0.278. The Morgan fingerprint density at radius 2 is 2.35 bits per heavy atom. The van der Waals surface area contributed by atoms with Gasteiger partial charge in [-0.05, 0) is 38.0 Å². The highest BCUT2D eigenvalue weighted by Crippen LogP contribution is 2.49. The number of carbonyl (C=O) groups excluding carboxylic acids is 1. The van der Waals surface area contributed by atoms with Crippen LogP contribution in [-0.4, -0.2) is 26.4 Å². The van der Waals surface area contributed by atoms with E-state index in [2.05, 4.69) is 4.98 Å². The van der Waals surface area contributed by atoms with Crippen molar-refractivity contribution in [3.05, 3.63) is 18.7 Å². The van der Waals surface area contributed by atoms with Crippen molar-refractivity contribution in [1.82, 2.24) is 14.6 Å². The summed E-state index contributed by atoms with van der Waals surface area (Å²) in [6.07, 6.45) is 11.0. The minimum absolute atomic E-state index is 0.0746. The first-order chi connectivity index (χ1) is 9.65. The molecular formula is C15H22N3O2. The van der Waals surface area contributed by atoms with Crippen molar-refractivity contribution in [3.8, 4) is 0 Å². The maximum absolute atomic E-state index is 12.5. The monoisotopic (exact) mass is 276 g/mol. The van der Waals surface area contributed by atoms with Crippen molar-refractivity contribution in [3.63, 3.8) is 0 Å². The molecule has 0 saturated carbocycles. The predicted molar refractivity (Wildman–Crippen MR) is 73.0 cm³/mol. The molecule has 5 heteroatoms. The van der Waals surface area contributed by atoms with E-state index in [1.165, 1.54) is 5.06 Å². The van der Waals surface area contributed by atoms with Gasteiger partial charge in [-0.1, -0.05) is 6.92 Å². The topological polar surface area (TPSA) is 58.0 Å². The van der Waals surface area contributed by atoms with Crippen LogP contribution < -0.4 is 0 Å². The number of aromatic nitrogens is 2. The summed E-state index contributed by atoms with van der Waals surface area (Å²) in [4.78, 5) is 16.0. The number of hydrogen-bond acceptors (Lipinski definition) is 3. The van der Waals surface area contributed by atoms with Gasteiger partial charge in [0.25, 0.3) is 0 Å². The Bertz CT molecular complexity index is 473. The number of imidazole rings is 1. The second kappa shape index (κ2) is 5.30. The van der Waals surface area contributed by atoms with Crippen LogP contribution in [0.5, 0.6) is 0 Å². The largest absolute Gasteiger partial charge is 0.316 e. The van der Waals surface area contributed by atoms with Crippen molar-refractivity contribution in [2.45, 2.75) is 63.6 Å². The van der Waals surface area contributed by atoms with E-state index in [1.807, 2.05) is 17.7 Å². The fourth-order valence-corrected chi connectivity index (χ4v) is 4.01. The first-order valence-corrected chi connectivity index (χ1v) is 7.62. The smallest absolute Gasteiger partial charge is 0.133 e. The van der Waals surface area contributed by atoms with Crippen molar-refractivity contribution >= 4 is 5.78 Å². The maximum atomic E-state index is 12.5. The fraction of sp³-hybridized carbons (Fsp3) is 0.733. The Hall–Kier alpha value is -1.20. The van der Waals surface area contributed by atoms with Crippen LogP contribution in [-0.2, 0) is 15.7 Å². The summed E-state index contributed by atoms with van der Waals surface area (Å²) in [5.41, 5.74) is -0.490. The highest BCUT2D eigenvalue weighted by Gasteiger charge is 2.53. The zero-order valence-electron chi connectivity index (χ0n) is 12.0. The van der Waals surface area contributed by atoms with Gasteiger partial charge in [0.2, 0.25) is 0 Å². The molecule has 2 aliphatic rings. The fourth-order valence-electron chi connectivity index (χ4n) is 4.01. The van der Waals surface area contributed by atoms with Gasteiger partial charge in [0, 0.05) is 31.3 Å². The van der Waals surface area contributed by atoms with E-state index in [0.29, 0.717) is 24.5 Å². The second-order valence-electron chi connectivity index (χ2n) is 6.27. The summed E-state index contributed by atoms with van der Waals surface area (Å²) >= 11 is 0. The van der Waals surface area contributed by atoms with Crippen molar-refractivity contribution < 1.29 is 10.0 Å². The highest BCUT2D eigenvalue weighted by atomic mass is 16.5. The third-order valence-corrected chi connectivity index (χ3v) is 4.87. The van der Waals surface area contributed by atoms with Gasteiger partial charge in [-0.3, -0.25) is 4.79 Å². The number of hydrogen-bond donors (Lipinski definition) is 0. The molecule has 3 heterocycles. The molecule has 0 aromatic carbocycles. The summed E-state index contributed by atoms with van der Waals surface area (Å²) in [5, 5.41) is 13.8. The lowest BCUT2D eigenvalue weighted by Gasteiger charge is -2.43. The zero-order chi connectivity index (χ0) is 14.2. The molecule has 0 amide bonds. The molecule has 109 valence electrons. The van der Waals surface area contributed by atoms with E-state index >= 15 is 0 Å². The summed E-state index contributed by atoms with van der Waals surface area (Å²) in [7, 11) is 0. The minimum atomic E-state index is -0.490. The number of ketones is 1. The van der Waals surface area contributed by atoms with Crippen LogP contribution >= 0.6 is 0 Å². The Morgan fingerprint density at radius 1 is 1.50 bits per heavy atom. The summed E-state index contributed by atoms with van der Waals surface area (Å²) in [6.45, 7) is 2.04. The number of Topliss-reactive ketones (excluding diaryl/α,β-unsaturated/α-hetero) is 1. The van der Waals surface area contributed by atoms with E-state index in [0.717, 1.165) is 32.1 Å². The second-order valence-corrected chi connectivity index (χ2v) is 6.27. The Balaban J connectivity index is 1.78. The van der Waals surface area contributed by atoms with Crippen molar-refractivity contribution in [1.29, 1.82) is 0 Å². The number of nitrogens with zero attached hydrogens (tertiary/aromatic N) is 3. The van der Waals surface area contributed by atoms with Crippen LogP contribution in [0.3, 0.4) is 0 Å². The van der Waals surface area contributed by atoms with Crippen LogP contribution in [0, 0.1) is 5.92 Å². The molecule has 2 fully saturated rings. The predicted octanol–water partition coefficient (Wildman–Crippen LogP) is 2.52. The van der Waals surface area contributed by atoms with E-state index < -0.39 is 5.66 Å². The average Bonchev–Trinajstić information content (AvgIpc) is 2.99. The first kappa shape index (κ1) is 13.8. The van der Waals surface area contributed by atoms with Crippen LogP contribution in [0.2, 0.25) is 0 Å². The molecule has 3 unspecified atom stereocenters. The molecule has 1 radical (unpaired) electrons. The van der Waals surface area contributed by atoms with Gasteiger partial charge >= 0.3 is 0 Å². The quantitative estimate of drug-likeness (QED) is 0.830. The summed E-state index contributed by atoms with van der Waals surface area (Å²) in [6, 6.07) is 0.0746. The van der Waals surface area contributed by atoms with Crippen LogP contribution in [0.25, 0.3) is 0 Å². The van der Waals surface area contributed by atoms with Gasteiger partial charge < -0.3 is 4.57 Å². The Morgan fingerprint density at radius 3 is 3.05 bits per heavy atom. The lowest BCUT2D eigenvalue weighted by Crippen LogP contribution is -2.51.